The van der Waals surface area contributed by atoms with E-state index in [0.717, 1.165) is 32.4 Å². The number of H-pyrrole nitrogens is 1. The molecule has 2 heterocycles. The minimum absolute atomic E-state index is 0.0783. The van der Waals surface area contributed by atoms with Gasteiger partial charge in [-0.25, -0.2) is 4.79 Å². The Morgan fingerprint density at radius 3 is 2.48 bits per heavy atom. The van der Waals surface area contributed by atoms with Crippen LogP contribution in [0.2, 0.25) is 0 Å². The van der Waals surface area contributed by atoms with Crippen molar-refractivity contribution in [3.8, 4) is 0 Å². The van der Waals surface area contributed by atoms with E-state index in [9.17, 15) is 14.4 Å². The van der Waals surface area contributed by atoms with Gasteiger partial charge in [-0.2, -0.15) is 0 Å². The van der Waals surface area contributed by atoms with Gasteiger partial charge in [0.05, 0.1) is 10.9 Å². The van der Waals surface area contributed by atoms with Crippen molar-refractivity contribution in [1.29, 1.82) is 0 Å². The third kappa shape index (κ3) is 4.58. The fourth-order valence-corrected chi connectivity index (χ4v) is 4.52. The second kappa shape index (κ2) is 9.65. The quantitative estimate of drug-likeness (QED) is 0.586. The molecule has 174 valence electrons. The fourth-order valence-electron chi connectivity index (χ4n) is 4.52. The van der Waals surface area contributed by atoms with Gasteiger partial charge in [0.25, 0.3) is 11.5 Å². The molecule has 0 aliphatic carbocycles. The summed E-state index contributed by atoms with van der Waals surface area (Å²) in [4.78, 5) is 45.4. The number of anilines is 1. The average Bonchev–Trinajstić information content (AvgIpc) is 2.82. The number of nitrogens with one attached hydrogen (secondary N) is 1. The van der Waals surface area contributed by atoms with E-state index in [4.69, 9.17) is 0 Å². The number of nitrogens with zero attached hydrogens (tertiary/aromatic N) is 3. The maximum atomic E-state index is 13.2. The van der Waals surface area contributed by atoms with Gasteiger partial charge in [-0.1, -0.05) is 31.9 Å². The normalized spacial score (nSPS) is 14.2. The highest BCUT2D eigenvalue weighted by Crippen LogP contribution is 2.24. The molecule has 0 bridgehead atoms. The zero-order valence-electron chi connectivity index (χ0n) is 19.7. The van der Waals surface area contributed by atoms with Crippen LogP contribution in [0.4, 0.5) is 5.69 Å². The lowest BCUT2D eigenvalue weighted by molar-refractivity contribution is 0.0747. The first-order valence-electron chi connectivity index (χ1n) is 11.8. The Bertz CT molecular complexity index is 1280. The molecule has 1 aromatic heterocycles. The van der Waals surface area contributed by atoms with Crippen LogP contribution in [0.1, 0.15) is 47.7 Å². The Kier molecular flexibility index (Phi) is 6.67. The first-order valence-corrected chi connectivity index (χ1v) is 11.8. The molecule has 0 saturated carbocycles. The molecule has 4 rings (SSSR count). The Morgan fingerprint density at radius 1 is 1.00 bits per heavy atom. The highest BCUT2D eigenvalue weighted by molar-refractivity contribution is 5.97. The van der Waals surface area contributed by atoms with E-state index >= 15 is 0 Å². The number of hydrogen-bond donors (Lipinski definition) is 1. The highest BCUT2D eigenvalue weighted by atomic mass is 16.2. The molecule has 1 fully saturated rings. The number of hydrogen-bond acceptors (Lipinski definition) is 4. The summed E-state index contributed by atoms with van der Waals surface area (Å²) < 4.78 is 1.26. The van der Waals surface area contributed by atoms with Crippen molar-refractivity contribution in [1.82, 2.24) is 14.5 Å². The van der Waals surface area contributed by atoms with Crippen molar-refractivity contribution in [2.75, 3.05) is 31.1 Å². The molecule has 1 amide bonds. The third-order valence-corrected chi connectivity index (χ3v) is 6.70. The van der Waals surface area contributed by atoms with E-state index in [0.29, 0.717) is 36.1 Å². The Balaban J connectivity index is 1.51. The summed E-state index contributed by atoms with van der Waals surface area (Å²) in [5.41, 5.74) is 3.94. The molecular weight excluding hydrogens is 416 g/mol. The van der Waals surface area contributed by atoms with Crippen molar-refractivity contribution in [2.45, 2.75) is 46.6 Å². The summed E-state index contributed by atoms with van der Waals surface area (Å²) in [6, 6.07) is 11.3. The van der Waals surface area contributed by atoms with Crippen LogP contribution < -0.4 is 16.1 Å². The topological polar surface area (TPSA) is 78.4 Å². The second-order valence-corrected chi connectivity index (χ2v) is 8.85. The molecule has 7 nitrogen and oxygen atoms in total. The smallest absolute Gasteiger partial charge is 0.328 e. The average molecular weight is 449 g/mol. The van der Waals surface area contributed by atoms with Crippen LogP contribution in [-0.2, 0) is 6.54 Å². The van der Waals surface area contributed by atoms with Crippen molar-refractivity contribution >= 4 is 22.5 Å². The van der Waals surface area contributed by atoms with Gasteiger partial charge in [0.2, 0.25) is 0 Å². The molecule has 0 unspecified atom stereocenters. The van der Waals surface area contributed by atoms with Crippen LogP contribution in [-0.4, -0.2) is 46.5 Å². The number of fused-ring (bicyclic) bond motifs is 1. The monoisotopic (exact) mass is 448 g/mol. The van der Waals surface area contributed by atoms with E-state index < -0.39 is 5.69 Å². The summed E-state index contributed by atoms with van der Waals surface area (Å²) in [6.45, 7) is 9.52. The van der Waals surface area contributed by atoms with Crippen molar-refractivity contribution < 1.29 is 4.79 Å². The van der Waals surface area contributed by atoms with E-state index in [-0.39, 0.29) is 11.5 Å². The standard InChI is InChI=1S/C26H32N4O3/c1-4-5-6-12-30-25(32)21-11-10-20(17-22(21)27-26(30)33)24(31)29-15-13-28(14-16-29)23-9-7-8-18(2)19(23)3/h7-11,17H,4-6,12-16H2,1-3H3,(H,27,33). The summed E-state index contributed by atoms with van der Waals surface area (Å²) in [6.07, 6.45) is 2.77. The molecule has 1 saturated heterocycles. The van der Waals surface area contributed by atoms with Gasteiger partial charge >= 0.3 is 5.69 Å². The number of aromatic amines is 1. The predicted molar refractivity (Wildman–Crippen MR) is 132 cm³/mol. The van der Waals surface area contributed by atoms with Crippen LogP contribution >= 0.6 is 0 Å². The van der Waals surface area contributed by atoms with Gasteiger partial charge in [0, 0.05) is 44.0 Å². The van der Waals surface area contributed by atoms with Crippen molar-refractivity contribution in [2.24, 2.45) is 0 Å². The fraction of sp³-hybridized carbons (Fsp3) is 0.423. The number of unbranched alkanes of at least 4 members (excludes halogenated alkanes) is 2. The zero-order chi connectivity index (χ0) is 23.5. The summed E-state index contributed by atoms with van der Waals surface area (Å²) in [7, 11) is 0. The number of benzene rings is 2. The Labute approximate surface area is 193 Å². The van der Waals surface area contributed by atoms with Gasteiger partial charge in [0.1, 0.15) is 0 Å². The molecule has 0 spiro atoms. The number of carbonyl (C=O) groups is 1. The van der Waals surface area contributed by atoms with Crippen LogP contribution in [0.3, 0.4) is 0 Å². The number of carbonyl (C=O) groups excluding carboxylic acids is 1. The SMILES string of the molecule is CCCCCn1c(=O)[nH]c2cc(C(=O)N3CCN(c4cccc(C)c4C)CC3)ccc2c1=O. The molecule has 3 aromatic rings. The number of piperazine rings is 1. The minimum atomic E-state index is -0.421. The van der Waals surface area contributed by atoms with Gasteiger partial charge in [-0.05, 0) is 55.7 Å². The lowest BCUT2D eigenvalue weighted by Gasteiger charge is -2.37. The second-order valence-electron chi connectivity index (χ2n) is 8.85. The number of aryl methyl sites for hydroxylation is 1. The number of rotatable bonds is 6. The molecule has 1 aliphatic heterocycles. The largest absolute Gasteiger partial charge is 0.368 e. The van der Waals surface area contributed by atoms with Crippen LogP contribution in [0, 0.1) is 13.8 Å². The Hall–Kier alpha value is -3.35. The molecule has 7 heteroatoms. The van der Waals surface area contributed by atoms with Crippen molar-refractivity contribution in [3.63, 3.8) is 0 Å². The number of aromatic nitrogens is 2. The highest BCUT2D eigenvalue weighted by Gasteiger charge is 2.23. The molecule has 2 aromatic carbocycles. The molecular formula is C26H32N4O3. The summed E-state index contributed by atoms with van der Waals surface area (Å²) in [5.74, 6) is -0.0783. The molecule has 0 atom stereocenters. The lowest BCUT2D eigenvalue weighted by atomic mass is 10.1. The van der Waals surface area contributed by atoms with Crippen LogP contribution in [0.15, 0.2) is 46.0 Å². The first-order chi connectivity index (χ1) is 15.9. The third-order valence-electron chi connectivity index (χ3n) is 6.70. The Morgan fingerprint density at radius 2 is 1.76 bits per heavy atom. The van der Waals surface area contributed by atoms with Gasteiger partial charge in [0.15, 0.2) is 0 Å². The van der Waals surface area contributed by atoms with E-state index in [1.807, 2.05) is 4.90 Å². The van der Waals surface area contributed by atoms with Gasteiger partial charge in [-0.3, -0.25) is 14.2 Å². The molecule has 33 heavy (non-hydrogen) atoms. The number of amides is 1. The van der Waals surface area contributed by atoms with Crippen molar-refractivity contribution in [3.05, 3.63) is 73.9 Å². The lowest BCUT2D eigenvalue weighted by Crippen LogP contribution is -2.49. The zero-order valence-corrected chi connectivity index (χ0v) is 19.7. The maximum absolute atomic E-state index is 13.2. The molecule has 0 radical (unpaired) electrons. The van der Waals surface area contributed by atoms with Crippen LogP contribution in [0.5, 0.6) is 0 Å². The van der Waals surface area contributed by atoms with Gasteiger partial charge < -0.3 is 14.8 Å². The molecule has 1 aliphatic rings. The van der Waals surface area contributed by atoms with Crippen LogP contribution in [0.25, 0.3) is 10.9 Å². The van der Waals surface area contributed by atoms with E-state index in [1.165, 1.54) is 21.4 Å². The van der Waals surface area contributed by atoms with Gasteiger partial charge in [-0.15, -0.1) is 0 Å². The minimum Gasteiger partial charge on any atom is -0.368 e. The summed E-state index contributed by atoms with van der Waals surface area (Å²) >= 11 is 0. The molecule has 1 N–H and O–H groups in total. The summed E-state index contributed by atoms with van der Waals surface area (Å²) in [5, 5.41) is 0.433. The van der Waals surface area contributed by atoms with E-state index in [2.05, 4.69) is 48.9 Å². The first kappa shape index (κ1) is 22.8. The van der Waals surface area contributed by atoms with E-state index in [1.54, 1.807) is 18.2 Å². The maximum Gasteiger partial charge on any atom is 0.328 e. The predicted octanol–water partition coefficient (Wildman–Crippen LogP) is 3.46.